The maximum atomic E-state index is 12.4. The van der Waals surface area contributed by atoms with E-state index in [0.29, 0.717) is 22.9 Å². The van der Waals surface area contributed by atoms with Gasteiger partial charge in [0.15, 0.2) is 17.6 Å². The highest BCUT2D eigenvalue weighted by molar-refractivity contribution is 6.32. The summed E-state index contributed by atoms with van der Waals surface area (Å²) in [5, 5.41) is 7.21. The van der Waals surface area contributed by atoms with E-state index in [1.165, 1.54) is 19.1 Å². The Hall–Kier alpha value is -2.74. The van der Waals surface area contributed by atoms with Crippen LogP contribution in [0.4, 0.5) is 5.69 Å². The summed E-state index contributed by atoms with van der Waals surface area (Å²) in [6.07, 6.45) is -1.01. The number of aryl methyl sites for hydroxylation is 2. The van der Waals surface area contributed by atoms with E-state index >= 15 is 0 Å². The monoisotopic (exact) mass is 379 g/mol. The minimum atomic E-state index is -1.01. The van der Waals surface area contributed by atoms with Crippen molar-refractivity contribution >= 4 is 29.2 Å². The van der Waals surface area contributed by atoms with Gasteiger partial charge in [-0.15, -0.1) is 0 Å². The molecule has 138 valence electrons. The first kappa shape index (κ1) is 18.1. The van der Waals surface area contributed by atoms with Gasteiger partial charge in [0.2, 0.25) is 6.79 Å². The van der Waals surface area contributed by atoms with Gasteiger partial charge >= 0.3 is 5.97 Å². The summed E-state index contributed by atoms with van der Waals surface area (Å²) in [5.41, 5.74) is 2.26. The van der Waals surface area contributed by atoms with Crippen molar-refractivity contribution in [3.05, 3.63) is 34.1 Å². The number of benzene rings is 1. The highest BCUT2D eigenvalue weighted by Crippen LogP contribution is 2.40. The van der Waals surface area contributed by atoms with Crippen molar-refractivity contribution in [2.75, 3.05) is 12.1 Å². The summed E-state index contributed by atoms with van der Waals surface area (Å²) >= 11 is 6.06. The number of amides is 1. The number of nitrogens with one attached hydrogen (secondary N) is 1. The van der Waals surface area contributed by atoms with E-state index in [9.17, 15) is 9.59 Å². The van der Waals surface area contributed by atoms with Crippen molar-refractivity contribution in [3.63, 3.8) is 0 Å². The summed E-state index contributed by atoms with van der Waals surface area (Å²) < 4.78 is 17.3. The summed E-state index contributed by atoms with van der Waals surface area (Å²) in [5.74, 6) is -0.392. The zero-order chi connectivity index (χ0) is 19.0. The van der Waals surface area contributed by atoms with Gasteiger partial charge in [0, 0.05) is 7.05 Å². The molecule has 1 aromatic heterocycles. The third-order valence-electron chi connectivity index (χ3n) is 4.07. The Morgan fingerprint density at radius 3 is 2.73 bits per heavy atom. The average Bonchev–Trinajstić information content (AvgIpc) is 3.15. The van der Waals surface area contributed by atoms with Gasteiger partial charge in [0.1, 0.15) is 0 Å². The Kier molecular flexibility index (Phi) is 4.78. The number of nitrogens with zero attached hydrogens (tertiary/aromatic N) is 2. The number of ether oxygens (including phenoxy) is 3. The Morgan fingerprint density at radius 1 is 1.35 bits per heavy atom. The maximum absolute atomic E-state index is 12.4. The molecule has 0 saturated carbocycles. The number of hydrogen-bond donors (Lipinski definition) is 1. The molecule has 2 heterocycles. The standard InChI is InChI=1S/C17H18ClN3O5/c1-8-14(9(2)21(4)20-8)19-16(22)10(3)26-17(23)11-5-12(18)15-13(6-11)24-7-25-15/h5-6,10H,7H2,1-4H3,(H,19,22)/t10-/m0/s1. The molecule has 0 fully saturated rings. The van der Waals surface area contributed by atoms with Gasteiger partial charge in [-0.3, -0.25) is 9.48 Å². The van der Waals surface area contributed by atoms with Crippen LogP contribution >= 0.6 is 11.6 Å². The number of rotatable bonds is 4. The lowest BCUT2D eigenvalue weighted by atomic mass is 10.2. The number of hydrogen-bond acceptors (Lipinski definition) is 6. The molecule has 0 bridgehead atoms. The van der Waals surface area contributed by atoms with Gasteiger partial charge in [-0.2, -0.15) is 5.10 Å². The molecule has 0 saturated heterocycles. The Bertz CT molecular complexity index is 893. The van der Waals surface area contributed by atoms with Crippen molar-refractivity contribution in [3.8, 4) is 11.5 Å². The van der Waals surface area contributed by atoms with E-state index in [4.69, 9.17) is 25.8 Å². The normalized spacial score (nSPS) is 13.4. The van der Waals surface area contributed by atoms with Crippen LogP contribution in [0.25, 0.3) is 0 Å². The zero-order valence-corrected chi connectivity index (χ0v) is 15.5. The molecule has 9 heteroatoms. The molecule has 1 aromatic carbocycles. The van der Waals surface area contributed by atoms with Gasteiger partial charge in [0.25, 0.3) is 5.91 Å². The van der Waals surface area contributed by atoms with Gasteiger partial charge < -0.3 is 19.5 Å². The van der Waals surface area contributed by atoms with Gasteiger partial charge in [-0.05, 0) is 32.9 Å². The van der Waals surface area contributed by atoms with Gasteiger partial charge in [-0.1, -0.05) is 11.6 Å². The molecule has 2 aromatic rings. The quantitative estimate of drug-likeness (QED) is 0.821. The highest BCUT2D eigenvalue weighted by Gasteiger charge is 2.25. The third kappa shape index (κ3) is 3.32. The predicted octanol–water partition coefficient (Wildman–Crippen LogP) is 2.60. The molecule has 3 rings (SSSR count). The van der Waals surface area contributed by atoms with Crippen molar-refractivity contribution in [2.24, 2.45) is 7.05 Å². The number of halogens is 1. The molecule has 1 atom stereocenters. The number of carbonyl (C=O) groups excluding carboxylic acids is 2. The van der Waals surface area contributed by atoms with Crippen LogP contribution in [0.15, 0.2) is 12.1 Å². The van der Waals surface area contributed by atoms with E-state index in [1.807, 2.05) is 6.92 Å². The van der Waals surface area contributed by atoms with E-state index in [0.717, 1.165) is 5.69 Å². The number of anilines is 1. The lowest BCUT2D eigenvalue weighted by Crippen LogP contribution is -2.30. The van der Waals surface area contributed by atoms with Crippen molar-refractivity contribution in [1.82, 2.24) is 9.78 Å². The van der Waals surface area contributed by atoms with Crippen LogP contribution in [-0.2, 0) is 16.6 Å². The van der Waals surface area contributed by atoms with Crippen LogP contribution in [0.3, 0.4) is 0 Å². The first-order chi connectivity index (χ1) is 12.3. The SMILES string of the molecule is Cc1nn(C)c(C)c1NC(=O)[C@H](C)OC(=O)c1cc(Cl)c2c(c1)OCO2. The highest BCUT2D eigenvalue weighted by atomic mass is 35.5. The second-order valence-electron chi connectivity index (χ2n) is 5.90. The predicted molar refractivity (Wildman–Crippen MR) is 93.8 cm³/mol. The number of carbonyl (C=O) groups is 2. The van der Waals surface area contributed by atoms with Gasteiger partial charge in [-0.25, -0.2) is 4.79 Å². The smallest absolute Gasteiger partial charge is 0.339 e. The average molecular weight is 380 g/mol. The second kappa shape index (κ2) is 6.87. The molecule has 0 aliphatic carbocycles. The Balaban J connectivity index is 1.69. The molecule has 1 N–H and O–H groups in total. The van der Waals surface area contributed by atoms with E-state index < -0.39 is 18.0 Å². The fourth-order valence-corrected chi connectivity index (χ4v) is 2.81. The zero-order valence-electron chi connectivity index (χ0n) is 14.8. The summed E-state index contributed by atoms with van der Waals surface area (Å²) in [4.78, 5) is 24.7. The largest absolute Gasteiger partial charge is 0.454 e. The van der Waals surface area contributed by atoms with Crippen LogP contribution in [0, 0.1) is 13.8 Å². The van der Waals surface area contributed by atoms with Crippen molar-refractivity contribution in [1.29, 1.82) is 0 Å². The maximum Gasteiger partial charge on any atom is 0.339 e. The first-order valence-corrected chi connectivity index (χ1v) is 8.27. The lowest BCUT2D eigenvalue weighted by Gasteiger charge is -2.14. The van der Waals surface area contributed by atoms with Crippen LogP contribution in [0.2, 0.25) is 5.02 Å². The molecule has 1 aliphatic heterocycles. The van der Waals surface area contributed by atoms with Crippen LogP contribution in [0.5, 0.6) is 11.5 Å². The third-order valence-corrected chi connectivity index (χ3v) is 4.35. The molecular weight excluding hydrogens is 362 g/mol. The Morgan fingerprint density at radius 2 is 2.08 bits per heavy atom. The number of fused-ring (bicyclic) bond motifs is 1. The van der Waals surface area contributed by atoms with Crippen LogP contribution < -0.4 is 14.8 Å². The molecule has 1 amide bonds. The summed E-state index contributed by atoms with van der Waals surface area (Å²) in [7, 11) is 1.78. The molecule has 0 spiro atoms. The fourth-order valence-electron chi connectivity index (χ4n) is 2.55. The molecule has 26 heavy (non-hydrogen) atoms. The minimum Gasteiger partial charge on any atom is -0.454 e. The van der Waals surface area contributed by atoms with Crippen molar-refractivity contribution in [2.45, 2.75) is 26.9 Å². The van der Waals surface area contributed by atoms with E-state index in [2.05, 4.69) is 10.4 Å². The Labute approximate surface area is 155 Å². The summed E-state index contributed by atoms with van der Waals surface area (Å²) in [6.45, 7) is 5.15. The summed E-state index contributed by atoms with van der Waals surface area (Å²) in [6, 6.07) is 2.88. The van der Waals surface area contributed by atoms with Crippen LogP contribution in [0.1, 0.15) is 28.7 Å². The van der Waals surface area contributed by atoms with Gasteiger partial charge in [0.05, 0.1) is 27.7 Å². The lowest BCUT2D eigenvalue weighted by molar-refractivity contribution is -0.123. The molecule has 0 unspecified atom stereocenters. The number of esters is 1. The topological polar surface area (TPSA) is 91.7 Å². The van der Waals surface area contributed by atoms with E-state index in [1.54, 1.807) is 18.7 Å². The first-order valence-electron chi connectivity index (χ1n) is 7.89. The fraction of sp³-hybridized carbons (Fsp3) is 0.353. The molecular formula is C17H18ClN3O5. The number of aromatic nitrogens is 2. The minimum absolute atomic E-state index is 0.0379. The van der Waals surface area contributed by atoms with Crippen LogP contribution in [-0.4, -0.2) is 34.6 Å². The molecule has 0 radical (unpaired) electrons. The molecule has 8 nitrogen and oxygen atoms in total. The second-order valence-corrected chi connectivity index (χ2v) is 6.31. The van der Waals surface area contributed by atoms with Crippen molar-refractivity contribution < 1.29 is 23.8 Å². The molecule has 1 aliphatic rings. The van der Waals surface area contributed by atoms with E-state index in [-0.39, 0.29) is 17.4 Å².